The first kappa shape index (κ1) is 11.5. The van der Waals surface area contributed by atoms with Crippen LogP contribution in [0, 0.1) is 0 Å². The van der Waals surface area contributed by atoms with Crippen molar-refractivity contribution in [3.63, 3.8) is 0 Å². The van der Waals surface area contributed by atoms with Gasteiger partial charge in [-0.15, -0.1) is 0 Å². The first-order valence-corrected chi connectivity index (χ1v) is 4.69. The van der Waals surface area contributed by atoms with E-state index < -0.39 is 5.97 Å². The Hall–Kier alpha value is -1.62. The number of nitrogens with zero attached hydrogens (tertiary/aromatic N) is 1. The fourth-order valence-corrected chi connectivity index (χ4v) is 0.990. The topological polar surface area (TPSA) is 74.4 Å². The van der Waals surface area contributed by atoms with Crippen LogP contribution < -0.4 is 5.73 Å². The summed E-state index contributed by atoms with van der Waals surface area (Å²) >= 11 is 0. The smallest absolute Gasteiger partial charge is 0.339 e. The average molecular weight is 210 g/mol. The molecule has 0 aliphatic carbocycles. The second-order valence-corrected chi connectivity index (χ2v) is 2.84. The summed E-state index contributed by atoms with van der Waals surface area (Å²) in [4.78, 5) is 15.2. The second-order valence-electron chi connectivity index (χ2n) is 2.84. The van der Waals surface area contributed by atoms with Gasteiger partial charge in [0.25, 0.3) is 0 Å². The summed E-state index contributed by atoms with van der Waals surface area (Å²) in [6.07, 6.45) is 2.89. The highest BCUT2D eigenvalue weighted by Crippen LogP contribution is 2.05. The van der Waals surface area contributed by atoms with E-state index in [1.54, 1.807) is 0 Å². The number of hydrogen-bond acceptors (Lipinski definition) is 5. The molecule has 1 aromatic heterocycles. The van der Waals surface area contributed by atoms with Crippen molar-refractivity contribution in [1.29, 1.82) is 0 Å². The number of anilines is 1. The maximum atomic E-state index is 11.4. The van der Waals surface area contributed by atoms with E-state index in [1.165, 1.54) is 18.5 Å². The molecule has 82 valence electrons. The molecular weight excluding hydrogens is 196 g/mol. The van der Waals surface area contributed by atoms with E-state index in [1.807, 2.05) is 6.92 Å². The van der Waals surface area contributed by atoms with Gasteiger partial charge in [0.05, 0.1) is 17.9 Å². The van der Waals surface area contributed by atoms with Crippen LogP contribution in [0.25, 0.3) is 0 Å². The van der Waals surface area contributed by atoms with E-state index in [-0.39, 0.29) is 6.61 Å². The summed E-state index contributed by atoms with van der Waals surface area (Å²) in [5.41, 5.74) is 6.27. The van der Waals surface area contributed by atoms with Crippen molar-refractivity contribution in [3.05, 3.63) is 24.0 Å². The van der Waals surface area contributed by atoms with Gasteiger partial charge in [0.15, 0.2) is 0 Å². The second kappa shape index (κ2) is 5.98. The molecule has 0 saturated heterocycles. The molecule has 2 N–H and O–H groups in total. The number of carbonyl (C=O) groups is 1. The average Bonchev–Trinajstić information content (AvgIpc) is 2.24. The minimum absolute atomic E-state index is 0.238. The molecule has 0 aliphatic rings. The van der Waals surface area contributed by atoms with Gasteiger partial charge in [0, 0.05) is 19.0 Å². The van der Waals surface area contributed by atoms with Crippen LogP contribution in [0.15, 0.2) is 18.5 Å². The zero-order chi connectivity index (χ0) is 11.1. The number of aromatic nitrogens is 1. The van der Waals surface area contributed by atoms with Crippen LogP contribution >= 0.6 is 0 Å². The molecule has 0 atom stereocenters. The minimum atomic E-state index is -0.436. The van der Waals surface area contributed by atoms with Crippen molar-refractivity contribution in [2.45, 2.75) is 6.92 Å². The lowest BCUT2D eigenvalue weighted by atomic mass is 10.3. The fraction of sp³-hybridized carbons (Fsp3) is 0.400. The summed E-state index contributed by atoms with van der Waals surface area (Å²) in [5, 5.41) is 0. The Labute approximate surface area is 88.2 Å². The minimum Gasteiger partial charge on any atom is -0.460 e. The van der Waals surface area contributed by atoms with Crippen molar-refractivity contribution in [2.75, 3.05) is 25.6 Å². The standard InChI is InChI=1S/C10H14N2O3/c1-2-14-3-4-15-10(13)8-5-9(11)7-12-6-8/h5-7H,2-4,11H2,1H3. The van der Waals surface area contributed by atoms with Gasteiger partial charge in [0.1, 0.15) is 6.61 Å². The molecule has 15 heavy (non-hydrogen) atoms. The predicted molar refractivity (Wildman–Crippen MR) is 55.4 cm³/mol. The molecule has 0 fully saturated rings. The summed E-state index contributed by atoms with van der Waals surface area (Å²) in [7, 11) is 0. The van der Waals surface area contributed by atoms with Crippen LogP contribution in [0.5, 0.6) is 0 Å². The Morgan fingerprint density at radius 2 is 2.27 bits per heavy atom. The number of rotatable bonds is 5. The molecule has 0 bridgehead atoms. The molecule has 1 aromatic rings. The summed E-state index contributed by atoms with van der Waals surface area (Å²) in [6, 6.07) is 1.52. The van der Waals surface area contributed by atoms with Gasteiger partial charge in [-0.1, -0.05) is 0 Å². The van der Waals surface area contributed by atoms with Gasteiger partial charge < -0.3 is 15.2 Å². The number of nitrogens with two attached hydrogens (primary N) is 1. The molecule has 1 rings (SSSR count). The molecule has 0 aromatic carbocycles. The lowest BCUT2D eigenvalue weighted by Gasteiger charge is -2.04. The number of ether oxygens (including phenoxy) is 2. The first-order chi connectivity index (χ1) is 7.24. The zero-order valence-corrected chi connectivity index (χ0v) is 8.60. The Bertz CT molecular complexity index is 328. The molecule has 0 unspecified atom stereocenters. The fourth-order valence-electron chi connectivity index (χ4n) is 0.990. The Balaban J connectivity index is 2.40. The summed E-state index contributed by atoms with van der Waals surface area (Å²) < 4.78 is 9.95. The van der Waals surface area contributed by atoms with Crippen molar-refractivity contribution in [3.8, 4) is 0 Å². The van der Waals surface area contributed by atoms with Crippen molar-refractivity contribution >= 4 is 11.7 Å². The SMILES string of the molecule is CCOCCOC(=O)c1cncc(N)c1. The molecule has 5 nitrogen and oxygen atoms in total. The monoisotopic (exact) mass is 210 g/mol. The largest absolute Gasteiger partial charge is 0.460 e. The summed E-state index contributed by atoms with van der Waals surface area (Å²) in [5.74, 6) is -0.436. The molecule has 0 amide bonds. The number of hydrogen-bond donors (Lipinski definition) is 1. The molecule has 1 heterocycles. The molecule has 0 aliphatic heterocycles. The van der Waals surface area contributed by atoms with Gasteiger partial charge in [-0.3, -0.25) is 4.98 Å². The number of carbonyl (C=O) groups excluding carboxylic acids is 1. The third-order valence-corrected chi connectivity index (χ3v) is 1.66. The highest BCUT2D eigenvalue weighted by molar-refractivity contribution is 5.89. The number of pyridine rings is 1. The van der Waals surface area contributed by atoms with Crippen LogP contribution in [0.3, 0.4) is 0 Å². The van der Waals surface area contributed by atoms with Crippen molar-refractivity contribution < 1.29 is 14.3 Å². The third kappa shape index (κ3) is 3.95. The lowest BCUT2D eigenvalue weighted by molar-refractivity contribution is 0.0335. The van der Waals surface area contributed by atoms with E-state index >= 15 is 0 Å². The molecule has 5 heteroatoms. The molecule has 0 spiro atoms. The number of nitrogen functional groups attached to an aromatic ring is 1. The van der Waals surface area contributed by atoms with Gasteiger partial charge in [0.2, 0.25) is 0 Å². The molecule has 0 saturated carbocycles. The van der Waals surface area contributed by atoms with E-state index in [2.05, 4.69) is 4.98 Å². The van der Waals surface area contributed by atoms with Crippen LogP contribution in [-0.4, -0.2) is 30.8 Å². The van der Waals surface area contributed by atoms with Gasteiger partial charge >= 0.3 is 5.97 Å². The maximum Gasteiger partial charge on any atom is 0.339 e. The van der Waals surface area contributed by atoms with E-state index in [0.29, 0.717) is 24.5 Å². The lowest BCUT2D eigenvalue weighted by Crippen LogP contribution is -2.11. The quantitative estimate of drug-likeness (QED) is 0.576. The van der Waals surface area contributed by atoms with Crippen LogP contribution in [0.2, 0.25) is 0 Å². The Morgan fingerprint density at radius 3 is 2.93 bits per heavy atom. The highest BCUT2D eigenvalue weighted by atomic mass is 16.6. The van der Waals surface area contributed by atoms with Crippen LogP contribution in [0.4, 0.5) is 5.69 Å². The van der Waals surface area contributed by atoms with Crippen molar-refractivity contribution in [2.24, 2.45) is 0 Å². The maximum absolute atomic E-state index is 11.4. The Kier molecular flexibility index (Phi) is 4.56. The summed E-state index contributed by atoms with van der Waals surface area (Å²) in [6.45, 7) is 3.13. The van der Waals surface area contributed by atoms with E-state index in [0.717, 1.165) is 0 Å². The normalized spacial score (nSPS) is 9.93. The van der Waals surface area contributed by atoms with Gasteiger partial charge in [-0.25, -0.2) is 4.79 Å². The molecule has 0 radical (unpaired) electrons. The zero-order valence-electron chi connectivity index (χ0n) is 8.60. The van der Waals surface area contributed by atoms with E-state index in [9.17, 15) is 4.79 Å². The van der Waals surface area contributed by atoms with Crippen LogP contribution in [0.1, 0.15) is 17.3 Å². The number of esters is 1. The van der Waals surface area contributed by atoms with E-state index in [4.69, 9.17) is 15.2 Å². The van der Waals surface area contributed by atoms with Gasteiger partial charge in [-0.2, -0.15) is 0 Å². The third-order valence-electron chi connectivity index (χ3n) is 1.66. The van der Waals surface area contributed by atoms with Crippen molar-refractivity contribution in [1.82, 2.24) is 4.98 Å². The predicted octanol–water partition coefficient (Wildman–Crippen LogP) is 0.857. The highest BCUT2D eigenvalue weighted by Gasteiger charge is 2.07. The Morgan fingerprint density at radius 1 is 1.47 bits per heavy atom. The molecular formula is C10H14N2O3. The first-order valence-electron chi connectivity index (χ1n) is 4.69. The van der Waals surface area contributed by atoms with Gasteiger partial charge in [-0.05, 0) is 13.0 Å². The van der Waals surface area contributed by atoms with Crippen LogP contribution in [-0.2, 0) is 9.47 Å².